The molecule has 1 saturated heterocycles. The molecule has 7 aliphatic rings. The molecule has 7 aromatic carbocycles. The molecule has 7 aromatic rings. The second-order valence-electron chi connectivity index (χ2n) is 29.9. The average Bonchev–Trinajstić information content (AvgIpc) is 0.765. The Morgan fingerprint density at radius 2 is 1.22 bits per heavy atom. The lowest BCUT2D eigenvalue weighted by Crippen LogP contribution is -2.66. The number of aliphatic hydroxyl groups is 3. The van der Waals surface area contributed by atoms with Crippen molar-refractivity contribution in [3.63, 3.8) is 0 Å². The number of fused-ring (bicyclic) bond motifs is 14. The molecule has 7 heterocycles. The number of nitrogens with one attached hydrogen (secondary N) is 9. The van der Waals surface area contributed by atoms with Crippen LogP contribution in [-0.4, -0.2) is 181 Å². The molecule has 0 unspecified atom stereocenters. The van der Waals surface area contributed by atoms with E-state index in [0.29, 0.717) is 37.3 Å². The first-order chi connectivity index (χ1) is 55.8. The third-order valence-corrected chi connectivity index (χ3v) is 21.4. The van der Waals surface area contributed by atoms with E-state index in [4.69, 9.17) is 46.9 Å². The Bertz CT molecular complexity index is 4980. The van der Waals surface area contributed by atoms with Crippen molar-refractivity contribution in [2.45, 2.75) is 157 Å². The first-order valence-electron chi connectivity index (χ1n) is 38.0. The molecule has 0 radical (unpaired) electrons. The Labute approximate surface area is 680 Å². The number of aromatic hydroxyl groups is 5. The summed E-state index contributed by atoms with van der Waals surface area (Å²) in [5.74, 6) is -16.5. The number of benzene rings is 7. The number of likely N-dealkylation sites (N-methyl/N-ethyl adjacent to an activating group) is 1. The minimum Gasteiger partial charge on any atom is -0.508 e. The van der Waals surface area contributed by atoms with Crippen LogP contribution in [-0.2, 0) is 54.3 Å². The SMILES string of the molecule is CN[C@@H]1C(=O)N[C@@H]2Cc3ccc(cc3)Oc3cc4cc(c3O[C@@H]3O[C@H](C(=O)O)[C@@H](O)[C@H](O)[C@H]3NC(=O)CCCCCCCCC(C)C)Oc3ccc(cc3Cl)[C@@H](O)[C@@H]3NC(=O)[C@H](NC(=O)[C@@H]4NC(=O)[C@@H](NC2=O)c2cc(cc(O)c2Cl)Oc2cc1ccc2O)c1ccc(O)c(c1)-c1c(O)cc(O)cc1[C@H](C(=O)NCCCN(C)C)NC3=O. The van der Waals surface area contributed by atoms with Gasteiger partial charge in [-0.3, -0.25) is 38.4 Å². The van der Waals surface area contributed by atoms with Gasteiger partial charge >= 0.3 is 5.97 Å². The number of phenols is 5. The number of carboxylic acids is 1. The summed E-state index contributed by atoms with van der Waals surface area (Å²) in [5, 5.41) is 128. The molecular formula is C82H90Cl2N10O23. The van der Waals surface area contributed by atoms with Crippen molar-refractivity contribution in [2.75, 3.05) is 34.2 Å². The number of carbonyl (C=O) groups is 9. The van der Waals surface area contributed by atoms with Crippen LogP contribution in [0.1, 0.15) is 147 Å². The van der Waals surface area contributed by atoms with Gasteiger partial charge in [0.1, 0.15) is 107 Å². The van der Waals surface area contributed by atoms with Crippen LogP contribution < -0.4 is 66.8 Å². The lowest BCUT2D eigenvalue weighted by molar-refractivity contribution is -0.241. The maximum absolute atomic E-state index is 16.6. The Morgan fingerprint density at radius 3 is 1.92 bits per heavy atom. The second-order valence-corrected chi connectivity index (χ2v) is 30.7. The van der Waals surface area contributed by atoms with Crippen molar-refractivity contribution < 1.29 is 113 Å². The third-order valence-electron chi connectivity index (χ3n) is 20.7. The summed E-state index contributed by atoms with van der Waals surface area (Å²) >= 11 is 14.2. The predicted molar refractivity (Wildman–Crippen MR) is 419 cm³/mol. The number of halogens is 2. The molecular weight excluding hydrogens is 1560 g/mol. The van der Waals surface area contributed by atoms with E-state index >= 15 is 24.0 Å². The van der Waals surface area contributed by atoms with Crippen LogP contribution in [0.3, 0.4) is 0 Å². The Hall–Kier alpha value is -11.7. The van der Waals surface area contributed by atoms with Crippen molar-refractivity contribution in [1.82, 2.24) is 52.8 Å². The van der Waals surface area contributed by atoms with Crippen molar-refractivity contribution in [2.24, 2.45) is 5.92 Å². The smallest absolute Gasteiger partial charge is 0.335 e. The lowest BCUT2D eigenvalue weighted by atomic mass is 9.89. The molecule has 18 N–H and O–H groups in total. The van der Waals surface area contributed by atoms with E-state index in [-0.39, 0.29) is 70.2 Å². The number of aliphatic carboxylic acids is 1. The van der Waals surface area contributed by atoms with Gasteiger partial charge in [-0.15, -0.1) is 0 Å². The number of amides is 8. The summed E-state index contributed by atoms with van der Waals surface area (Å²) < 4.78 is 32.3. The van der Waals surface area contributed by atoms with Crippen LogP contribution in [0.15, 0.2) is 115 Å². The van der Waals surface area contributed by atoms with Crippen LogP contribution in [0.25, 0.3) is 11.1 Å². The highest BCUT2D eigenvalue weighted by Gasteiger charge is 2.51. The van der Waals surface area contributed by atoms with Gasteiger partial charge in [0.2, 0.25) is 59.3 Å². The molecule has 0 spiro atoms. The number of ether oxygens (including phenoxy) is 5. The summed E-state index contributed by atoms with van der Waals surface area (Å²) in [5.41, 5.74) is -2.06. The fourth-order valence-corrected chi connectivity index (χ4v) is 15.0. The van der Waals surface area contributed by atoms with Crippen molar-refractivity contribution in [1.29, 1.82) is 0 Å². The van der Waals surface area contributed by atoms with E-state index in [1.807, 2.05) is 4.90 Å². The molecule has 620 valence electrons. The number of hydrogen-bond donors (Lipinski definition) is 18. The number of phenolic OH excluding ortho intramolecular Hbond substituents is 5. The van der Waals surface area contributed by atoms with Crippen LogP contribution in [0.5, 0.6) is 69.0 Å². The quantitative estimate of drug-likeness (QED) is 0.0375. The van der Waals surface area contributed by atoms with E-state index in [1.54, 1.807) is 14.1 Å². The normalized spacial score (nSPS) is 23.2. The van der Waals surface area contributed by atoms with Gasteiger partial charge in [0, 0.05) is 48.2 Å². The largest absolute Gasteiger partial charge is 0.508 e. The van der Waals surface area contributed by atoms with Crippen molar-refractivity contribution >= 4 is 76.4 Å². The van der Waals surface area contributed by atoms with Crippen LogP contribution in [0, 0.1) is 5.92 Å². The number of nitrogens with zero attached hydrogens (tertiary/aromatic N) is 1. The summed E-state index contributed by atoms with van der Waals surface area (Å²) in [6.45, 7) is 4.77. The highest BCUT2D eigenvalue weighted by Crippen LogP contribution is 2.50. The molecule has 0 aliphatic carbocycles. The standard InChI is InChI=1S/C82H90Cl2N10O23/c1-37(2)13-10-8-6-7-9-11-14-59(100)88-68-70(102)71(103)73(81(111)112)117-82(68)116-72-57-31-42-32-58(72)115-55-24-19-41(29-49(55)83)69(101)67-80(110)92-65(75(105)86-25-12-26-94(4)5)47-33-43(95)34-53(98)60(47)46-28-39(17-22-51(46)96)63(77(107)93-67)89-78(108)64(42)90-79(109)66-48-35-45(36-54(99)61(48)84)114-56-30-40(18-23-52(56)97)62(85-3)76(106)87-50(74(104)91-66)27-38-15-20-44(113-57)21-16-38/h15-24,28-37,50,62-71,73,82,85,95-99,101-103H,6-14,25-27H2,1-5H3,(H,86,105)(H,87,106)(H,88,100)(H,89,108)(H,90,109)(H,91,104)(H,92,110)(H,93,107)(H,111,112)/t50-,62+,63-,64-,65-,66+,67+,68-,69-,70-,71+,73+,82-/m1/s1. The van der Waals surface area contributed by atoms with Gasteiger partial charge < -0.3 is 122 Å². The molecule has 1 fully saturated rings. The minimum absolute atomic E-state index is 0.000704. The van der Waals surface area contributed by atoms with Gasteiger partial charge in [-0.1, -0.05) is 106 Å². The Balaban J connectivity index is 1.08. The molecule has 0 saturated carbocycles. The predicted octanol–water partition coefficient (Wildman–Crippen LogP) is 6.69. The molecule has 14 rings (SSSR count). The highest BCUT2D eigenvalue weighted by molar-refractivity contribution is 6.33. The van der Waals surface area contributed by atoms with Crippen molar-refractivity contribution in [3.05, 3.63) is 164 Å². The zero-order valence-corrected chi connectivity index (χ0v) is 65.5. The maximum atomic E-state index is 16.6. The zero-order valence-electron chi connectivity index (χ0n) is 64.0. The monoisotopic (exact) mass is 1650 g/mol. The second kappa shape index (κ2) is 36.6. The summed E-state index contributed by atoms with van der Waals surface area (Å²) in [6.07, 6.45) is -5.33. The van der Waals surface area contributed by atoms with Crippen LogP contribution in [0.4, 0.5) is 0 Å². The summed E-state index contributed by atoms with van der Waals surface area (Å²) in [6, 6.07) is 6.90. The average molecular weight is 1650 g/mol. The van der Waals surface area contributed by atoms with Gasteiger partial charge in [0.15, 0.2) is 29.1 Å². The minimum atomic E-state index is -2.37. The molecule has 33 nitrogen and oxygen atoms in total. The zero-order chi connectivity index (χ0) is 84.0. The number of hydrogen-bond acceptors (Lipinski definition) is 24. The van der Waals surface area contributed by atoms with Gasteiger partial charge in [0.25, 0.3) is 0 Å². The Kier molecular flexibility index (Phi) is 26.5. The van der Waals surface area contributed by atoms with E-state index in [9.17, 15) is 65.1 Å². The maximum Gasteiger partial charge on any atom is 0.335 e. The summed E-state index contributed by atoms with van der Waals surface area (Å²) in [7, 11) is 5.04. The number of aliphatic hydroxyl groups excluding tert-OH is 3. The van der Waals surface area contributed by atoms with Crippen LogP contribution >= 0.6 is 23.2 Å². The molecule has 7 aliphatic heterocycles. The fraction of sp³-hybridized carbons (Fsp3) is 0.378. The van der Waals surface area contributed by atoms with Gasteiger partial charge in [-0.25, -0.2) is 4.79 Å². The first kappa shape index (κ1) is 84.7. The van der Waals surface area contributed by atoms with Gasteiger partial charge in [-0.2, -0.15) is 0 Å². The first-order valence-corrected chi connectivity index (χ1v) is 38.7. The Morgan fingerprint density at radius 1 is 0.581 bits per heavy atom. The van der Waals surface area contributed by atoms with Gasteiger partial charge in [-0.05, 0) is 153 Å². The molecule has 8 amide bonds. The van der Waals surface area contributed by atoms with Gasteiger partial charge in [0.05, 0.1) is 10.0 Å². The fourth-order valence-electron chi connectivity index (χ4n) is 14.5. The highest BCUT2D eigenvalue weighted by atomic mass is 35.5. The number of rotatable bonds is 19. The van der Waals surface area contributed by atoms with E-state index in [1.165, 1.54) is 61.6 Å². The summed E-state index contributed by atoms with van der Waals surface area (Å²) in [4.78, 5) is 138. The van der Waals surface area contributed by atoms with E-state index in [2.05, 4.69) is 61.7 Å². The molecule has 0 aromatic heterocycles. The lowest BCUT2D eigenvalue weighted by Gasteiger charge is -2.41. The van der Waals surface area contributed by atoms with Crippen molar-refractivity contribution in [3.8, 4) is 80.1 Å². The number of unbranched alkanes of at least 4 members (excludes halogenated alkanes) is 5. The molecule has 35 heteroatoms. The topological polar surface area (TPSA) is 493 Å². The number of carboxylic acid groups (broad SMARTS) is 1. The van der Waals surface area contributed by atoms with Crippen LogP contribution in [0.2, 0.25) is 10.0 Å². The number of carbonyl (C=O) groups excluding carboxylic acids is 8. The third kappa shape index (κ3) is 19.4. The van der Waals surface area contributed by atoms with E-state index in [0.717, 1.165) is 92.8 Å². The molecule has 17 bridgehead atoms. The van der Waals surface area contributed by atoms with E-state index < -0.39 is 205 Å². The molecule has 117 heavy (non-hydrogen) atoms. The molecule has 13 atom stereocenters.